The molecule has 2 rings (SSSR count). The second-order valence-corrected chi connectivity index (χ2v) is 6.19. The number of hydrogen-bond donors (Lipinski definition) is 1. The summed E-state index contributed by atoms with van der Waals surface area (Å²) in [7, 11) is 0. The summed E-state index contributed by atoms with van der Waals surface area (Å²) in [4.78, 5) is 25.9. The SMILES string of the molecule is O=C(CCCCl)NC1CCN(C(=O)c2ccccc2Cl)CC1. The number of halogens is 2. The molecule has 1 fully saturated rings. The Morgan fingerprint density at radius 2 is 1.91 bits per heavy atom. The molecule has 1 aliphatic rings. The van der Waals surface area contributed by atoms with Crippen molar-refractivity contribution in [3.63, 3.8) is 0 Å². The van der Waals surface area contributed by atoms with E-state index in [0.29, 0.717) is 42.4 Å². The van der Waals surface area contributed by atoms with Crippen LogP contribution in [0.2, 0.25) is 5.02 Å². The number of carbonyl (C=O) groups is 2. The number of rotatable bonds is 5. The standard InChI is InChI=1S/C16H20Cl2N2O2/c17-9-3-6-15(21)19-12-7-10-20(11-8-12)16(22)13-4-1-2-5-14(13)18/h1-2,4-5,12H,3,6-11H2,(H,19,21). The predicted octanol–water partition coefficient (Wildman–Crippen LogP) is 3.08. The molecule has 4 nitrogen and oxygen atoms in total. The molecule has 0 radical (unpaired) electrons. The van der Waals surface area contributed by atoms with E-state index >= 15 is 0 Å². The molecule has 120 valence electrons. The van der Waals surface area contributed by atoms with Crippen LogP contribution in [0.25, 0.3) is 0 Å². The molecule has 1 aliphatic heterocycles. The van der Waals surface area contributed by atoms with Gasteiger partial charge in [0, 0.05) is 31.4 Å². The number of likely N-dealkylation sites (tertiary alicyclic amines) is 1. The van der Waals surface area contributed by atoms with Crippen LogP contribution in [0.15, 0.2) is 24.3 Å². The highest BCUT2D eigenvalue weighted by Gasteiger charge is 2.25. The van der Waals surface area contributed by atoms with Crippen LogP contribution >= 0.6 is 23.2 Å². The quantitative estimate of drug-likeness (QED) is 0.836. The summed E-state index contributed by atoms with van der Waals surface area (Å²) in [6.07, 6.45) is 2.69. The zero-order chi connectivity index (χ0) is 15.9. The van der Waals surface area contributed by atoms with Gasteiger partial charge in [0.2, 0.25) is 5.91 Å². The van der Waals surface area contributed by atoms with Gasteiger partial charge >= 0.3 is 0 Å². The van der Waals surface area contributed by atoms with Gasteiger partial charge < -0.3 is 10.2 Å². The van der Waals surface area contributed by atoms with Crippen LogP contribution in [-0.2, 0) is 4.79 Å². The van der Waals surface area contributed by atoms with E-state index in [-0.39, 0.29) is 17.9 Å². The highest BCUT2D eigenvalue weighted by atomic mass is 35.5. The predicted molar refractivity (Wildman–Crippen MR) is 88.5 cm³/mol. The number of alkyl halides is 1. The number of hydrogen-bond acceptors (Lipinski definition) is 2. The number of nitrogens with zero attached hydrogens (tertiary/aromatic N) is 1. The third kappa shape index (κ3) is 4.62. The van der Waals surface area contributed by atoms with Gasteiger partial charge in [0.05, 0.1) is 10.6 Å². The van der Waals surface area contributed by atoms with Gasteiger partial charge in [-0.1, -0.05) is 23.7 Å². The zero-order valence-electron chi connectivity index (χ0n) is 12.4. The fourth-order valence-electron chi connectivity index (χ4n) is 2.56. The van der Waals surface area contributed by atoms with Crippen molar-refractivity contribution in [1.82, 2.24) is 10.2 Å². The smallest absolute Gasteiger partial charge is 0.255 e. The summed E-state index contributed by atoms with van der Waals surface area (Å²) in [5.41, 5.74) is 0.536. The molecule has 0 saturated carbocycles. The molecule has 1 heterocycles. The monoisotopic (exact) mass is 342 g/mol. The number of carbonyl (C=O) groups excluding carboxylic acids is 2. The van der Waals surface area contributed by atoms with Gasteiger partial charge in [0.1, 0.15) is 0 Å². The first-order valence-corrected chi connectivity index (χ1v) is 8.42. The zero-order valence-corrected chi connectivity index (χ0v) is 13.9. The van der Waals surface area contributed by atoms with E-state index in [1.165, 1.54) is 0 Å². The molecule has 1 N–H and O–H groups in total. The third-order valence-electron chi connectivity index (χ3n) is 3.79. The highest BCUT2D eigenvalue weighted by molar-refractivity contribution is 6.33. The first-order chi connectivity index (χ1) is 10.6. The Labute approximate surface area is 140 Å². The Morgan fingerprint density at radius 3 is 2.55 bits per heavy atom. The molecular weight excluding hydrogens is 323 g/mol. The molecule has 0 atom stereocenters. The lowest BCUT2D eigenvalue weighted by molar-refractivity contribution is -0.122. The summed E-state index contributed by atoms with van der Waals surface area (Å²) < 4.78 is 0. The van der Waals surface area contributed by atoms with Crippen molar-refractivity contribution >= 4 is 35.0 Å². The van der Waals surface area contributed by atoms with Crippen LogP contribution in [-0.4, -0.2) is 41.7 Å². The Morgan fingerprint density at radius 1 is 1.23 bits per heavy atom. The van der Waals surface area contributed by atoms with Crippen LogP contribution in [0, 0.1) is 0 Å². The van der Waals surface area contributed by atoms with Gasteiger partial charge in [-0.3, -0.25) is 9.59 Å². The number of amides is 2. The average Bonchev–Trinajstić information content (AvgIpc) is 2.53. The number of benzene rings is 1. The van der Waals surface area contributed by atoms with Crippen LogP contribution in [0.1, 0.15) is 36.0 Å². The molecule has 0 bridgehead atoms. The van der Waals surface area contributed by atoms with Gasteiger partial charge in [-0.05, 0) is 31.4 Å². The molecule has 0 aliphatic carbocycles. The van der Waals surface area contributed by atoms with Crippen molar-refractivity contribution in [3.05, 3.63) is 34.9 Å². The lowest BCUT2D eigenvalue weighted by atomic mass is 10.0. The maximum Gasteiger partial charge on any atom is 0.255 e. The van der Waals surface area contributed by atoms with E-state index in [4.69, 9.17) is 23.2 Å². The first-order valence-electron chi connectivity index (χ1n) is 7.51. The average molecular weight is 343 g/mol. The summed E-state index contributed by atoms with van der Waals surface area (Å²) in [5, 5.41) is 3.48. The van der Waals surface area contributed by atoms with Gasteiger partial charge in [-0.15, -0.1) is 11.6 Å². The van der Waals surface area contributed by atoms with Crippen LogP contribution in [0.5, 0.6) is 0 Å². The van der Waals surface area contributed by atoms with Gasteiger partial charge in [0.15, 0.2) is 0 Å². The fraction of sp³-hybridized carbons (Fsp3) is 0.500. The van der Waals surface area contributed by atoms with E-state index in [1.54, 1.807) is 17.0 Å². The Bertz CT molecular complexity index is 529. The van der Waals surface area contributed by atoms with Crippen molar-refractivity contribution < 1.29 is 9.59 Å². The molecule has 1 aromatic carbocycles. The van der Waals surface area contributed by atoms with Crippen molar-refractivity contribution in [2.75, 3.05) is 19.0 Å². The lowest BCUT2D eigenvalue weighted by Crippen LogP contribution is -2.46. The molecular formula is C16H20Cl2N2O2. The number of piperidine rings is 1. The molecule has 22 heavy (non-hydrogen) atoms. The van der Waals surface area contributed by atoms with E-state index in [9.17, 15) is 9.59 Å². The summed E-state index contributed by atoms with van der Waals surface area (Å²) in [5.74, 6) is 0.493. The highest BCUT2D eigenvalue weighted by Crippen LogP contribution is 2.20. The lowest BCUT2D eigenvalue weighted by Gasteiger charge is -2.32. The molecule has 1 aromatic rings. The van der Waals surface area contributed by atoms with Gasteiger partial charge in [-0.25, -0.2) is 0 Å². The first kappa shape index (κ1) is 17.1. The van der Waals surface area contributed by atoms with Crippen LogP contribution in [0.4, 0.5) is 0 Å². The molecule has 6 heteroatoms. The minimum absolute atomic E-state index is 0.0385. The minimum atomic E-state index is -0.0440. The van der Waals surface area contributed by atoms with E-state index in [1.807, 2.05) is 12.1 Å². The molecule has 1 saturated heterocycles. The van der Waals surface area contributed by atoms with Crippen molar-refractivity contribution in [2.24, 2.45) is 0 Å². The minimum Gasteiger partial charge on any atom is -0.353 e. The summed E-state index contributed by atoms with van der Waals surface area (Å²) in [6, 6.07) is 7.21. The number of nitrogens with one attached hydrogen (secondary N) is 1. The Kier molecular flexibility index (Phi) is 6.52. The largest absolute Gasteiger partial charge is 0.353 e. The van der Waals surface area contributed by atoms with Crippen LogP contribution in [0.3, 0.4) is 0 Å². The second-order valence-electron chi connectivity index (χ2n) is 5.41. The molecule has 0 aromatic heterocycles. The fourth-order valence-corrected chi connectivity index (χ4v) is 2.91. The van der Waals surface area contributed by atoms with E-state index < -0.39 is 0 Å². The summed E-state index contributed by atoms with van der Waals surface area (Å²) >= 11 is 11.6. The van der Waals surface area contributed by atoms with Gasteiger partial charge in [-0.2, -0.15) is 0 Å². The molecule has 2 amide bonds. The summed E-state index contributed by atoms with van der Waals surface area (Å²) in [6.45, 7) is 1.26. The van der Waals surface area contributed by atoms with Crippen LogP contribution < -0.4 is 5.32 Å². The second kappa shape index (κ2) is 8.39. The van der Waals surface area contributed by atoms with Crippen molar-refractivity contribution in [2.45, 2.75) is 31.7 Å². The van der Waals surface area contributed by atoms with E-state index in [0.717, 1.165) is 12.8 Å². The Hall–Kier alpha value is -1.26. The van der Waals surface area contributed by atoms with Crippen molar-refractivity contribution in [1.29, 1.82) is 0 Å². The normalized spacial score (nSPS) is 15.6. The molecule has 0 unspecified atom stereocenters. The molecule has 0 spiro atoms. The third-order valence-corrected chi connectivity index (χ3v) is 4.39. The van der Waals surface area contributed by atoms with E-state index in [2.05, 4.69) is 5.32 Å². The van der Waals surface area contributed by atoms with Crippen molar-refractivity contribution in [3.8, 4) is 0 Å². The maximum absolute atomic E-state index is 12.4. The topological polar surface area (TPSA) is 49.4 Å². The Balaban J connectivity index is 1.83. The van der Waals surface area contributed by atoms with Gasteiger partial charge in [0.25, 0.3) is 5.91 Å². The maximum atomic E-state index is 12.4.